The molecule has 0 aromatic carbocycles. The molecule has 0 N–H and O–H groups in total. The molecule has 1 aliphatic carbocycles. The molecule has 148 valence electrons. The second-order valence-electron chi connectivity index (χ2n) is 8.49. The molecule has 2 aliphatic rings. The third kappa shape index (κ3) is 3.96. The van der Waals surface area contributed by atoms with E-state index < -0.39 is 52.3 Å². The summed E-state index contributed by atoms with van der Waals surface area (Å²) >= 11 is 0. The molecular formula is C20H26O7. The molecule has 0 spiro atoms. The first-order chi connectivity index (χ1) is 12.2. The molecule has 1 saturated heterocycles. The normalized spacial score (nSPS) is 28.1. The van der Waals surface area contributed by atoms with Crippen LogP contribution in [0.3, 0.4) is 0 Å². The Hall–Kier alpha value is -2.44. The van der Waals surface area contributed by atoms with Crippen LogP contribution in [0.1, 0.15) is 48.5 Å². The third-order valence-corrected chi connectivity index (χ3v) is 4.69. The Labute approximate surface area is 158 Å². The number of ketones is 1. The van der Waals surface area contributed by atoms with Crippen LogP contribution in [0, 0.1) is 17.3 Å². The Morgan fingerprint density at radius 2 is 1.59 bits per heavy atom. The van der Waals surface area contributed by atoms with Crippen molar-refractivity contribution in [2.45, 2.75) is 59.9 Å². The van der Waals surface area contributed by atoms with E-state index in [9.17, 15) is 19.2 Å². The lowest BCUT2D eigenvalue weighted by Crippen LogP contribution is -2.55. The molecule has 0 bridgehead atoms. The lowest BCUT2D eigenvalue weighted by atomic mass is 9.64. The Kier molecular flexibility index (Phi) is 5.12. The van der Waals surface area contributed by atoms with Crippen LogP contribution >= 0.6 is 0 Å². The maximum atomic E-state index is 13.3. The summed E-state index contributed by atoms with van der Waals surface area (Å²) in [5.41, 5.74) is -1.66. The highest BCUT2D eigenvalue weighted by Crippen LogP contribution is 2.44. The van der Waals surface area contributed by atoms with E-state index in [2.05, 4.69) is 0 Å². The topological polar surface area (TPSA) is 96.0 Å². The second kappa shape index (κ2) is 6.62. The van der Waals surface area contributed by atoms with Gasteiger partial charge >= 0.3 is 17.9 Å². The monoisotopic (exact) mass is 378 g/mol. The van der Waals surface area contributed by atoms with Gasteiger partial charge in [-0.05, 0) is 34.6 Å². The SMILES string of the molecule is CC1=CC=C[C@H](C(=O)OC(C)(C)C)C1(C)C(=O)C1C(=O)OC(C)(C)OC1=O. The average Bonchev–Trinajstić information content (AvgIpc) is 2.45. The zero-order valence-corrected chi connectivity index (χ0v) is 16.7. The van der Waals surface area contributed by atoms with Gasteiger partial charge in [-0.25, -0.2) is 0 Å². The van der Waals surface area contributed by atoms with Gasteiger partial charge in [0.05, 0.1) is 11.3 Å². The summed E-state index contributed by atoms with van der Waals surface area (Å²) in [4.78, 5) is 50.8. The van der Waals surface area contributed by atoms with Crippen molar-refractivity contribution < 1.29 is 33.4 Å². The summed E-state index contributed by atoms with van der Waals surface area (Å²) in [7, 11) is 0. The van der Waals surface area contributed by atoms with Crippen LogP contribution in [0.25, 0.3) is 0 Å². The summed E-state index contributed by atoms with van der Waals surface area (Å²) < 4.78 is 15.6. The van der Waals surface area contributed by atoms with Gasteiger partial charge in [0.1, 0.15) is 5.60 Å². The summed E-state index contributed by atoms with van der Waals surface area (Å²) in [6.45, 7) is 11.2. The van der Waals surface area contributed by atoms with E-state index in [0.717, 1.165) is 0 Å². The predicted molar refractivity (Wildman–Crippen MR) is 95.1 cm³/mol. The zero-order chi connectivity index (χ0) is 20.8. The van der Waals surface area contributed by atoms with E-state index in [1.165, 1.54) is 20.8 Å². The number of Topliss-reactive ketones (excluding diaryl/α,β-unsaturated/α-hetero) is 1. The lowest BCUT2D eigenvalue weighted by Gasteiger charge is -2.40. The largest absolute Gasteiger partial charge is 0.459 e. The summed E-state index contributed by atoms with van der Waals surface area (Å²) in [5.74, 6) is -7.48. The molecule has 0 aromatic heterocycles. The van der Waals surface area contributed by atoms with Crippen molar-refractivity contribution in [1.82, 2.24) is 0 Å². The van der Waals surface area contributed by atoms with Gasteiger partial charge in [-0.1, -0.05) is 23.8 Å². The maximum Gasteiger partial charge on any atom is 0.331 e. The molecule has 7 nitrogen and oxygen atoms in total. The standard InChI is InChI=1S/C20H26O7/c1-11-9-8-10-12(15(22)25-18(2,3)4)20(11,7)14(21)13-16(23)26-19(5,6)27-17(13)24/h8-10,12-13H,1-7H3/t12-,20?/m1/s1. The van der Waals surface area contributed by atoms with E-state index in [0.29, 0.717) is 5.57 Å². The predicted octanol–water partition coefficient (Wildman–Crippen LogP) is 2.49. The van der Waals surface area contributed by atoms with Gasteiger partial charge in [-0.2, -0.15) is 0 Å². The molecular weight excluding hydrogens is 352 g/mol. The minimum Gasteiger partial charge on any atom is -0.459 e. The van der Waals surface area contributed by atoms with Gasteiger partial charge in [0.25, 0.3) is 5.79 Å². The maximum absolute atomic E-state index is 13.3. The fourth-order valence-corrected chi connectivity index (χ4v) is 3.18. The fourth-order valence-electron chi connectivity index (χ4n) is 3.18. The van der Waals surface area contributed by atoms with Crippen molar-refractivity contribution in [3.05, 3.63) is 23.8 Å². The Morgan fingerprint density at radius 1 is 1.07 bits per heavy atom. The van der Waals surface area contributed by atoms with E-state index >= 15 is 0 Å². The molecule has 1 heterocycles. The van der Waals surface area contributed by atoms with Gasteiger partial charge in [-0.3, -0.25) is 19.2 Å². The third-order valence-electron chi connectivity index (χ3n) is 4.69. The van der Waals surface area contributed by atoms with Crippen molar-refractivity contribution in [3.8, 4) is 0 Å². The molecule has 0 radical (unpaired) electrons. The highest BCUT2D eigenvalue weighted by atomic mass is 16.7. The van der Waals surface area contributed by atoms with Crippen LogP contribution in [-0.2, 0) is 33.4 Å². The lowest BCUT2D eigenvalue weighted by molar-refractivity contribution is -0.239. The number of carbonyl (C=O) groups is 4. The van der Waals surface area contributed by atoms with Gasteiger partial charge in [0, 0.05) is 13.8 Å². The summed E-state index contributed by atoms with van der Waals surface area (Å²) in [5, 5.41) is 0. The number of cyclic esters (lactones) is 2. The molecule has 27 heavy (non-hydrogen) atoms. The molecule has 2 atom stereocenters. The van der Waals surface area contributed by atoms with E-state index in [1.807, 2.05) is 0 Å². The Morgan fingerprint density at radius 3 is 2.07 bits per heavy atom. The van der Waals surface area contributed by atoms with Gasteiger partial charge in [0.2, 0.25) is 5.92 Å². The van der Waals surface area contributed by atoms with Crippen LogP contribution in [0.5, 0.6) is 0 Å². The van der Waals surface area contributed by atoms with Crippen LogP contribution in [-0.4, -0.2) is 35.1 Å². The van der Waals surface area contributed by atoms with Gasteiger partial charge in [-0.15, -0.1) is 0 Å². The van der Waals surface area contributed by atoms with Crippen LogP contribution in [0.15, 0.2) is 23.8 Å². The molecule has 2 rings (SSSR count). The van der Waals surface area contributed by atoms with Crippen LogP contribution in [0.4, 0.5) is 0 Å². The number of hydrogen-bond acceptors (Lipinski definition) is 7. The van der Waals surface area contributed by atoms with E-state index in [1.54, 1.807) is 45.9 Å². The average molecular weight is 378 g/mol. The second-order valence-corrected chi connectivity index (χ2v) is 8.49. The highest BCUT2D eigenvalue weighted by Gasteiger charge is 2.57. The van der Waals surface area contributed by atoms with Gasteiger partial charge < -0.3 is 14.2 Å². The number of ether oxygens (including phenoxy) is 3. The number of esters is 3. The molecule has 1 unspecified atom stereocenters. The first-order valence-electron chi connectivity index (χ1n) is 8.77. The summed E-state index contributed by atoms with van der Waals surface area (Å²) in [6.07, 6.45) is 4.87. The molecule has 7 heteroatoms. The van der Waals surface area contributed by atoms with E-state index in [4.69, 9.17) is 14.2 Å². The smallest absolute Gasteiger partial charge is 0.331 e. The van der Waals surface area contributed by atoms with Crippen molar-refractivity contribution >= 4 is 23.7 Å². The Balaban J connectivity index is 2.42. The fraction of sp³-hybridized carbons (Fsp3) is 0.600. The number of hydrogen-bond donors (Lipinski definition) is 0. The minimum atomic E-state index is -1.75. The molecule has 0 saturated carbocycles. The van der Waals surface area contributed by atoms with E-state index in [-0.39, 0.29) is 0 Å². The molecule has 0 amide bonds. The minimum absolute atomic E-state index is 0.538. The highest BCUT2D eigenvalue weighted by molar-refractivity contribution is 6.19. The number of allylic oxidation sites excluding steroid dienone is 3. The first-order valence-corrected chi connectivity index (χ1v) is 8.77. The zero-order valence-electron chi connectivity index (χ0n) is 16.7. The Bertz CT molecular complexity index is 731. The number of rotatable bonds is 3. The van der Waals surface area contributed by atoms with Gasteiger partial charge in [0.15, 0.2) is 5.78 Å². The summed E-state index contributed by atoms with van der Waals surface area (Å²) in [6, 6.07) is 0. The van der Waals surface area contributed by atoms with Crippen molar-refractivity contribution in [2.24, 2.45) is 17.3 Å². The van der Waals surface area contributed by atoms with Crippen molar-refractivity contribution in [2.75, 3.05) is 0 Å². The quantitative estimate of drug-likeness (QED) is 0.550. The van der Waals surface area contributed by atoms with Crippen molar-refractivity contribution in [1.29, 1.82) is 0 Å². The van der Waals surface area contributed by atoms with Crippen molar-refractivity contribution in [3.63, 3.8) is 0 Å². The number of carbonyl (C=O) groups excluding carboxylic acids is 4. The molecule has 1 aliphatic heterocycles. The molecule has 1 fully saturated rings. The van der Waals surface area contributed by atoms with Crippen LogP contribution in [0.2, 0.25) is 0 Å². The first kappa shape index (κ1) is 20.9. The molecule has 0 aromatic rings. The van der Waals surface area contributed by atoms with Crippen LogP contribution < -0.4 is 0 Å².